The topological polar surface area (TPSA) is 105 Å². The smallest absolute Gasteiger partial charge is 0.312 e. The van der Waals surface area contributed by atoms with E-state index in [9.17, 15) is 14.4 Å². The van der Waals surface area contributed by atoms with Gasteiger partial charge < -0.3 is 24.8 Å². The van der Waals surface area contributed by atoms with Crippen molar-refractivity contribution < 1.29 is 29.0 Å². The van der Waals surface area contributed by atoms with Gasteiger partial charge in [-0.25, -0.2) is 0 Å². The van der Waals surface area contributed by atoms with E-state index in [1.165, 1.54) is 0 Å². The van der Waals surface area contributed by atoms with Gasteiger partial charge in [-0.3, -0.25) is 14.4 Å². The Balaban J connectivity index is 1.70. The number of carbonyl (C=O) groups excluding carboxylic acids is 3. The lowest BCUT2D eigenvalue weighted by molar-refractivity contribution is -0.158. The second kappa shape index (κ2) is 9.30. The first-order valence-corrected chi connectivity index (χ1v) is 12.4. The molecule has 34 heavy (non-hydrogen) atoms. The van der Waals surface area contributed by atoms with Crippen LogP contribution in [0.5, 0.6) is 0 Å². The van der Waals surface area contributed by atoms with Crippen LogP contribution in [-0.2, 0) is 23.9 Å². The normalized spacial score (nSPS) is 31.6. The molecule has 4 rings (SSSR count). The highest BCUT2D eigenvalue weighted by atomic mass is 16.6. The van der Waals surface area contributed by atoms with Gasteiger partial charge in [0.2, 0.25) is 11.8 Å². The van der Waals surface area contributed by atoms with Crippen LogP contribution in [0.1, 0.15) is 57.1 Å². The van der Waals surface area contributed by atoms with E-state index in [1.807, 2.05) is 39.0 Å². The van der Waals surface area contributed by atoms with Crippen LogP contribution >= 0.6 is 0 Å². The number of hydrogen-bond donors (Lipinski definition) is 2. The number of benzene rings is 1. The van der Waals surface area contributed by atoms with Gasteiger partial charge in [0.1, 0.15) is 17.6 Å². The predicted octanol–water partition coefficient (Wildman–Crippen LogP) is 2.73. The Hall–Kier alpha value is -2.45. The maximum absolute atomic E-state index is 13.9. The van der Waals surface area contributed by atoms with E-state index in [0.29, 0.717) is 32.2 Å². The Labute approximate surface area is 201 Å². The third-order valence-electron chi connectivity index (χ3n) is 7.85. The molecule has 1 aromatic rings. The van der Waals surface area contributed by atoms with Gasteiger partial charge in [-0.05, 0) is 70.9 Å². The minimum absolute atomic E-state index is 0.0867. The number of para-hydroxylation sites is 1. The van der Waals surface area contributed by atoms with Crippen molar-refractivity contribution in [3.63, 3.8) is 0 Å². The minimum atomic E-state index is -1.05. The summed E-state index contributed by atoms with van der Waals surface area (Å²) in [6, 6.07) is 4.98. The molecule has 8 heteroatoms. The lowest BCUT2D eigenvalue weighted by Crippen LogP contribution is -2.53. The molecule has 8 nitrogen and oxygen atoms in total. The summed E-state index contributed by atoms with van der Waals surface area (Å²) in [6.45, 7) is 8.16. The number of aliphatic hydroxyl groups is 1. The SMILES string of the molecule is CCOC(=O)[C@H]1[C@H]2C(=O)N(CCCCCO)C(C(=O)Nc3c(C)cccc3C)C23CC[C@]1(C)O3. The molecule has 3 saturated heterocycles. The standard InChI is InChI=1S/C26H36N2O6/c1-5-33-24(32)19-18-23(31)28(14-7-6-8-15-29)21(26(18)13-12-25(19,4)34-26)22(30)27-20-16(2)10-9-11-17(20)3/h9-11,18-19,21,29H,5-8,12-15H2,1-4H3,(H,27,30)/t18-,19+,21?,25-,26?/m0/s1. The number of ether oxygens (including phenoxy) is 2. The maximum atomic E-state index is 13.9. The molecule has 0 aromatic heterocycles. The Bertz CT molecular complexity index is 960. The second-order valence-electron chi connectivity index (χ2n) is 10.1. The van der Waals surface area contributed by atoms with Crippen LogP contribution in [0.4, 0.5) is 5.69 Å². The molecule has 186 valence electrons. The summed E-state index contributed by atoms with van der Waals surface area (Å²) in [4.78, 5) is 42.3. The molecule has 3 aliphatic rings. The average molecular weight is 473 g/mol. The van der Waals surface area contributed by atoms with E-state index < -0.39 is 35.0 Å². The number of nitrogens with one attached hydrogen (secondary N) is 1. The Morgan fingerprint density at radius 3 is 2.56 bits per heavy atom. The minimum Gasteiger partial charge on any atom is -0.466 e. The van der Waals surface area contributed by atoms with Crippen molar-refractivity contribution >= 4 is 23.5 Å². The zero-order valence-corrected chi connectivity index (χ0v) is 20.6. The highest BCUT2D eigenvalue weighted by Crippen LogP contribution is 2.63. The Morgan fingerprint density at radius 2 is 1.91 bits per heavy atom. The van der Waals surface area contributed by atoms with Crippen molar-refractivity contribution in [1.82, 2.24) is 4.90 Å². The highest BCUT2D eigenvalue weighted by Gasteiger charge is 2.78. The van der Waals surface area contributed by atoms with E-state index in [1.54, 1.807) is 11.8 Å². The number of aryl methyl sites for hydroxylation is 2. The van der Waals surface area contributed by atoms with Crippen molar-refractivity contribution in [3.05, 3.63) is 29.3 Å². The van der Waals surface area contributed by atoms with Gasteiger partial charge in [-0.15, -0.1) is 0 Å². The maximum Gasteiger partial charge on any atom is 0.312 e. The first kappa shape index (κ1) is 24.7. The molecule has 2 amide bonds. The fraction of sp³-hybridized carbons (Fsp3) is 0.654. The van der Waals surface area contributed by atoms with Crippen LogP contribution in [-0.4, -0.2) is 64.8 Å². The van der Waals surface area contributed by atoms with Crippen LogP contribution in [0.2, 0.25) is 0 Å². The second-order valence-corrected chi connectivity index (χ2v) is 10.1. The van der Waals surface area contributed by atoms with Crippen LogP contribution < -0.4 is 5.32 Å². The van der Waals surface area contributed by atoms with Crippen LogP contribution in [0.3, 0.4) is 0 Å². The van der Waals surface area contributed by atoms with Gasteiger partial charge in [0.25, 0.3) is 0 Å². The summed E-state index contributed by atoms with van der Waals surface area (Å²) in [7, 11) is 0. The van der Waals surface area contributed by atoms with Gasteiger partial charge >= 0.3 is 5.97 Å². The molecule has 2 N–H and O–H groups in total. The molecular weight excluding hydrogens is 436 g/mol. The van der Waals surface area contributed by atoms with Gasteiger partial charge in [0.05, 0.1) is 18.1 Å². The molecule has 0 saturated carbocycles. The summed E-state index contributed by atoms with van der Waals surface area (Å²) in [5.41, 5.74) is 0.734. The van der Waals surface area contributed by atoms with Gasteiger partial charge in [-0.2, -0.15) is 0 Å². The van der Waals surface area contributed by atoms with Crippen LogP contribution in [0, 0.1) is 25.7 Å². The zero-order chi connectivity index (χ0) is 24.7. The third-order valence-corrected chi connectivity index (χ3v) is 7.85. The zero-order valence-electron chi connectivity index (χ0n) is 20.6. The summed E-state index contributed by atoms with van der Waals surface area (Å²) in [5, 5.41) is 12.2. The first-order valence-electron chi connectivity index (χ1n) is 12.4. The molecule has 3 fully saturated rings. The number of aliphatic hydroxyl groups excluding tert-OH is 1. The third kappa shape index (κ3) is 3.81. The molecule has 5 atom stereocenters. The fourth-order valence-corrected chi connectivity index (χ4v) is 6.33. The van der Waals surface area contributed by atoms with E-state index in [2.05, 4.69) is 5.32 Å². The number of nitrogens with zero attached hydrogens (tertiary/aromatic N) is 1. The fourth-order valence-electron chi connectivity index (χ4n) is 6.33. The number of anilines is 1. The molecule has 1 aromatic carbocycles. The number of unbranched alkanes of at least 4 members (excludes halogenated alkanes) is 2. The molecule has 0 aliphatic carbocycles. The summed E-state index contributed by atoms with van der Waals surface area (Å²) in [6.07, 6.45) is 3.15. The Morgan fingerprint density at radius 1 is 1.21 bits per heavy atom. The number of hydrogen-bond acceptors (Lipinski definition) is 6. The molecule has 2 unspecified atom stereocenters. The summed E-state index contributed by atoms with van der Waals surface area (Å²) in [5.74, 6) is -2.40. The number of rotatable bonds is 9. The molecule has 3 aliphatic heterocycles. The first-order chi connectivity index (χ1) is 16.2. The molecule has 2 bridgehead atoms. The number of amides is 2. The quantitative estimate of drug-likeness (QED) is 0.423. The van der Waals surface area contributed by atoms with E-state index in [-0.39, 0.29) is 25.0 Å². The number of likely N-dealkylation sites (tertiary alicyclic amines) is 1. The van der Waals surface area contributed by atoms with Crippen molar-refractivity contribution in [2.24, 2.45) is 11.8 Å². The number of carbonyl (C=O) groups is 3. The van der Waals surface area contributed by atoms with Crippen molar-refractivity contribution in [2.75, 3.05) is 25.1 Å². The van der Waals surface area contributed by atoms with Crippen LogP contribution in [0.25, 0.3) is 0 Å². The van der Waals surface area contributed by atoms with Gasteiger partial charge in [0, 0.05) is 18.8 Å². The molecule has 0 radical (unpaired) electrons. The lowest BCUT2D eigenvalue weighted by atomic mass is 9.66. The summed E-state index contributed by atoms with van der Waals surface area (Å²) >= 11 is 0. The monoisotopic (exact) mass is 472 g/mol. The van der Waals surface area contributed by atoms with Crippen molar-refractivity contribution in [1.29, 1.82) is 0 Å². The van der Waals surface area contributed by atoms with Crippen LogP contribution in [0.15, 0.2) is 18.2 Å². The summed E-state index contributed by atoms with van der Waals surface area (Å²) < 4.78 is 11.9. The lowest BCUT2D eigenvalue weighted by Gasteiger charge is -2.33. The number of fused-ring (bicyclic) bond motifs is 1. The van der Waals surface area contributed by atoms with Crippen molar-refractivity contribution in [3.8, 4) is 0 Å². The predicted molar refractivity (Wildman–Crippen MR) is 126 cm³/mol. The molecule has 3 heterocycles. The number of esters is 1. The van der Waals surface area contributed by atoms with Crippen molar-refractivity contribution in [2.45, 2.75) is 77.0 Å². The van der Waals surface area contributed by atoms with Gasteiger partial charge in [0.15, 0.2) is 0 Å². The highest BCUT2D eigenvalue weighted by molar-refractivity contribution is 6.04. The average Bonchev–Trinajstić information content (AvgIpc) is 3.35. The van der Waals surface area contributed by atoms with E-state index >= 15 is 0 Å². The molecular formula is C26H36N2O6. The van der Waals surface area contributed by atoms with E-state index in [0.717, 1.165) is 23.2 Å². The van der Waals surface area contributed by atoms with E-state index in [4.69, 9.17) is 14.6 Å². The largest absolute Gasteiger partial charge is 0.466 e. The van der Waals surface area contributed by atoms with Gasteiger partial charge in [-0.1, -0.05) is 18.2 Å². The molecule has 1 spiro atoms. The Kier molecular flexibility index (Phi) is 6.75.